The van der Waals surface area contributed by atoms with Crippen molar-refractivity contribution in [3.63, 3.8) is 0 Å². The summed E-state index contributed by atoms with van der Waals surface area (Å²) in [6, 6.07) is 22.4. The van der Waals surface area contributed by atoms with Gasteiger partial charge in [-0.2, -0.15) is 4.31 Å². The molecule has 46 heavy (non-hydrogen) atoms. The molecule has 11 heteroatoms. The lowest BCUT2D eigenvalue weighted by molar-refractivity contribution is 0.0775. The van der Waals surface area contributed by atoms with E-state index in [1.54, 1.807) is 29.5 Å². The zero-order chi connectivity index (χ0) is 33.3. The summed E-state index contributed by atoms with van der Waals surface area (Å²) in [6.45, 7) is 7.17. The van der Waals surface area contributed by atoms with Crippen LogP contribution in [0.15, 0.2) is 89.1 Å². The molecule has 1 amide bonds. The van der Waals surface area contributed by atoms with Gasteiger partial charge in [0.25, 0.3) is 5.91 Å². The Labute approximate surface area is 276 Å². The molecule has 0 aliphatic carbocycles. The molecule has 4 aromatic rings. The summed E-state index contributed by atoms with van der Waals surface area (Å²) in [4.78, 5) is 20.4. The number of nitrogens with zero attached hydrogens (tertiary/aromatic N) is 3. The van der Waals surface area contributed by atoms with Crippen LogP contribution in [0.2, 0.25) is 0 Å². The SMILES string of the molecule is COc1ccc(S(=O)(=O)N(CC(C)C)C[C@@H](O)[C@H](Cc2ccccc2)NC(=O)c2cccc(CN(C)Cc3csc(C)n3)c2)cc1. The van der Waals surface area contributed by atoms with E-state index in [0.29, 0.717) is 30.8 Å². The predicted molar refractivity (Wildman–Crippen MR) is 182 cm³/mol. The number of carbonyl (C=O) groups excluding carboxylic acids is 1. The first kappa shape index (κ1) is 35.2. The van der Waals surface area contributed by atoms with Gasteiger partial charge in [-0.15, -0.1) is 11.3 Å². The van der Waals surface area contributed by atoms with Crippen molar-refractivity contribution in [2.24, 2.45) is 5.92 Å². The fourth-order valence-corrected chi connectivity index (χ4v) is 7.47. The highest BCUT2D eigenvalue weighted by atomic mass is 32.2. The topological polar surface area (TPSA) is 112 Å². The summed E-state index contributed by atoms with van der Waals surface area (Å²) in [5.41, 5.74) is 3.35. The Morgan fingerprint density at radius 1 is 0.978 bits per heavy atom. The van der Waals surface area contributed by atoms with Gasteiger partial charge >= 0.3 is 0 Å². The number of aryl methyl sites for hydroxylation is 1. The number of benzene rings is 3. The van der Waals surface area contributed by atoms with Crippen LogP contribution in [0, 0.1) is 12.8 Å². The quantitative estimate of drug-likeness (QED) is 0.171. The van der Waals surface area contributed by atoms with Crippen molar-refractivity contribution < 1.29 is 23.1 Å². The average molecular weight is 665 g/mol. The van der Waals surface area contributed by atoms with Gasteiger partial charge in [-0.3, -0.25) is 9.69 Å². The standard InChI is InChI=1S/C35H44N4O5S2/c1-25(2)20-39(46(42,43)32-16-14-31(44-5)15-17-32)23-34(40)33(19-27-10-7-6-8-11-27)37-35(41)29-13-9-12-28(18-29)21-38(4)22-30-24-45-26(3)36-30/h6-18,24-25,33-34,40H,19-23H2,1-5H3,(H,37,41)/t33-,34+/m0/s1. The van der Waals surface area contributed by atoms with E-state index in [2.05, 4.69) is 20.6 Å². The smallest absolute Gasteiger partial charge is 0.251 e. The van der Waals surface area contributed by atoms with E-state index in [-0.39, 0.29) is 29.8 Å². The molecule has 0 spiro atoms. The molecule has 2 atom stereocenters. The molecule has 1 aromatic heterocycles. The third kappa shape index (κ3) is 9.94. The number of aromatic nitrogens is 1. The molecule has 0 fully saturated rings. The minimum absolute atomic E-state index is 0.00259. The van der Waals surface area contributed by atoms with E-state index in [0.717, 1.165) is 21.8 Å². The maximum atomic E-state index is 13.7. The molecule has 246 valence electrons. The highest BCUT2D eigenvalue weighted by Gasteiger charge is 2.31. The van der Waals surface area contributed by atoms with Crippen molar-refractivity contribution in [2.75, 3.05) is 27.2 Å². The van der Waals surface area contributed by atoms with Crippen molar-refractivity contribution in [1.29, 1.82) is 0 Å². The molecule has 4 rings (SSSR count). The van der Waals surface area contributed by atoms with Crippen LogP contribution in [0.3, 0.4) is 0 Å². The number of nitrogens with one attached hydrogen (secondary N) is 1. The maximum Gasteiger partial charge on any atom is 0.251 e. The van der Waals surface area contributed by atoms with Gasteiger partial charge < -0.3 is 15.2 Å². The summed E-state index contributed by atoms with van der Waals surface area (Å²) < 4.78 is 34.0. The van der Waals surface area contributed by atoms with E-state index < -0.39 is 22.2 Å². The lowest BCUT2D eigenvalue weighted by Gasteiger charge is -2.31. The van der Waals surface area contributed by atoms with Crippen LogP contribution in [0.1, 0.15) is 46.0 Å². The summed E-state index contributed by atoms with van der Waals surface area (Å²) >= 11 is 1.62. The number of aliphatic hydroxyl groups is 1. The van der Waals surface area contributed by atoms with Crippen LogP contribution < -0.4 is 10.1 Å². The number of sulfonamides is 1. The number of ether oxygens (including phenoxy) is 1. The number of methoxy groups -OCH3 is 1. The number of amides is 1. The molecule has 0 aliphatic rings. The van der Waals surface area contributed by atoms with Gasteiger partial charge in [-0.05, 0) is 73.8 Å². The first-order chi connectivity index (χ1) is 21.9. The van der Waals surface area contributed by atoms with Crippen LogP contribution in [0.5, 0.6) is 5.75 Å². The Kier molecular flexibility index (Phi) is 12.5. The molecule has 0 unspecified atom stereocenters. The second-order valence-electron chi connectivity index (χ2n) is 12.0. The Morgan fingerprint density at radius 2 is 1.67 bits per heavy atom. The van der Waals surface area contributed by atoms with Crippen LogP contribution in [-0.2, 0) is 29.5 Å². The van der Waals surface area contributed by atoms with E-state index in [1.807, 2.05) is 76.3 Å². The highest BCUT2D eigenvalue weighted by Crippen LogP contribution is 2.22. The molecule has 0 saturated heterocycles. The molecular formula is C35H44N4O5S2. The van der Waals surface area contributed by atoms with Crippen molar-refractivity contribution >= 4 is 27.3 Å². The normalized spacial score (nSPS) is 13.2. The fraction of sp³-hybridized carbons (Fsp3) is 0.371. The summed E-state index contributed by atoms with van der Waals surface area (Å²) in [5, 5.41) is 17.7. The minimum Gasteiger partial charge on any atom is -0.497 e. The van der Waals surface area contributed by atoms with Crippen molar-refractivity contribution in [3.05, 3.63) is 112 Å². The van der Waals surface area contributed by atoms with Crippen molar-refractivity contribution in [2.45, 2.75) is 57.3 Å². The average Bonchev–Trinajstić information content (AvgIpc) is 3.44. The van der Waals surface area contributed by atoms with Crippen LogP contribution in [0.25, 0.3) is 0 Å². The molecule has 0 aliphatic heterocycles. The summed E-state index contributed by atoms with van der Waals surface area (Å²) in [6.07, 6.45) is -0.867. The first-order valence-corrected chi connectivity index (χ1v) is 17.6. The molecule has 0 radical (unpaired) electrons. The van der Waals surface area contributed by atoms with Crippen molar-refractivity contribution in [1.82, 2.24) is 19.5 Å². The van der Waals surface area contributed by atoms with Crippen LogP contribution >= 0.6 is 11.3 Å². The van der Waals surface area contributed by atoms with Crippen LogP contribution in [0.4, 0.5) is 0 Å². The third-order valence-electron chi connectivity index (χ3n) is 7.48. The Balaban J connectivity index is 1.53. The Hall–Kier alpha value is -3.61. The monoisotopic (exact) mass is 664 g/mol. The Bertz CT molecular complexity index is 1660. The zero-order valence-corrected chi connectivity index (χ0v) is 28.7. The minimum atomic E-state index is -3.95. The van der Waals surface area contributed by atoms with Crippen LogP contribution in [-0.4, -0.2) is 73.0 Å². The summed E-state index contributed by atoms with van der Waals surface area (Å²) in [7, 11) is -0.415. The number of aliphatic hydroxyl groups excluding tert-OH is 1. The molecule has 0 bridgehead atoms. The molecule has 2 N–H and O–H groups in total. The van der Waals surface area contributed by atoms with Gasteiger partial charge in [-0.1, -0.05) is 56.3 Å². The predicted octanol–water partition coefficient (Wildman–Crippen LogP) is 5.14. The van der Waals surface area contributed by atoms with Gasteiger partial charge in [0.1, 0.15) is 5.75 Å². The van der Waals surface area contributed by atoms with Crippen molar-refractivity contribution in [3.8, 4) is 5.75 Å². The molecule has 0 saturated carbocycles. The van der Waals surface area contributed by atoms with Gasteiger partial charge in [0.2, 0.25) is 10.0 Å². The number of rotatable bonds is 16. The lowest BCUT2D eigenvalue weighted by atomic mass is 10.00. The number of hydrogen-bond acceptors (Lipinski definition) is 8. The lowest BCUT2D eigenvalue weighted by Crippen LogP contribution is -2.51. The molecule has 9 nitrogen and oxygen atoms in total. The second kappa shape index (κ2) is 16.3. The first-order valence-electron chi connectivity index (χ1n) is 15.3. The van der Waals surface area contributed by atoms with E-state index in [4.69, 9.17) is 4.74 Å². The number of carbonyl (C=O) groups is 1. The third-order valence-corrected chi connectivity index (χ3v) is 10.1. The second-order valence-corrected chi connectivity index (χ2v) is 15.0. The molecular weight excluding hydrogens is 621 g/mol. The van der Waals surface area contributed by atoms with Gasteiger partial charge in [0.15, 0.2) is 0 Å². The highest BCUT2D eigenvalue weighted by molar-refractivity contribution is 7.89. The summed E-state index contributed by atoms with van der Waals surface area (Å²) in [5.74, 6) is 0.209. The molecule has 3 aromatic carbocycles. The van der Waals surface area contributed by atoms with Gasteiger partial charge in [-0.25, -0.2) is 13.4 Å². The fourth-order valence-electron chi connectivity index (χ4n) is 5.25. The maximum absolute atomic E-state index is 13.7. The number of hydrogen-bond donors (Lipinski definition) is 2. The van der Waals surface area contributed by atoms with Gasteiger partial charge in [0, 0.05) is 37.1 Å². The van der Waals surface area contributed by atoms with E-state index >= 15 is 0 Å². The van der Waals surface area contributed by atoms with E-state index in [9.17, 15) is 18.3 Å². The largest absolute Gasteiger partial charge is 0.497 e. The molecule has 1 heterocycles. The van der Waals surface area contributed by atoms with Gasteiger partial charge in [0.05, 0.1) is 34.9 Å². The number of thiazole rings is 1. The zero-order valence-electron chi connectivity index (χ0n) is 27.1. The Morgan fingerprint density at radius 3 is 2.30 bits per heavy atom. The van der Waals surface area contributed by atoms with E-state index in [1.165, 1.54) is 23.5 Å².